The van der Waals surface area contributed by atoms with Crippen molar-refractivity contribution in [1.29, 1.82) is 0 Å². The fraction of sp³-hybridized carbons (Fsp3) is 0.304. The molecule has 2 heterocycles. The summed E-state index contributed by atoms with van der Waals surface area (Å²) >= 11 is 1.41. The molecule has 1 aliphatic heterocycles. The third-order valence-corrected chi connectivity index (χ3v) is 6.11. The molecule has 3 aromatic rings. The van der Waals surface area contributed by atoms with Gasteiger partial charge in [-0.15, -0.1) is 0 Å². The molecule has 0 spiro atoms. The summed E-state index contributed by atoms with van der Waals surface area (Å²) in [6, 6.07) is 10.8. The molecule has 0 radical (unpaired) electrons. The molecule has 0 bridgehead atoms. The molecule has 172 valence electrons. The lowest BCUT2D eigenvalue weighted by molar-refractivity contribution is -0.763. The predicted molar refractivity (Wildman–Crippen MR) is 124 cm³/mol. The van der Waals surface area contributed by atoms with Gasteiger partial charge in [-0.25, -0.2) is 4.90 Å². The van der Waals surface area contributed by atoms with Crippen molar-refractivity contribution in [3.8, 4) is 28.5 Å². The summed E-state index contributed by atoms with van der Waals surface area (Å²) < 4.78 is 18.1. The number of ether oxygens (including phenoxy) is 3. The van der Waals surface area contributed by atoms with E-state index in [0.717, 1.165) is 5.75 Å². The van der Waals surface area contributed by atoms with Gasteiger partial charge >= 0.3 is 11.3 Å². The first-order valence-corrected chi connectivity index (χ1v) is 11.3. The van der Waals surface area contributed by atoms with Crippen LogP contribution in [0.15, 0.2) is 46.3 Å². The Bertz CT molecular complexity index is 1250. The normalized spacial score (nSPS) is 14.3. The number of fused-ring (bicyclic) bond motifs is 3. The number of hydrogen-bond donors (Lipinski definition) is 1. The molecule has 0 saturated heterocycles. The molecule has 0 fully saturated rings. The van der Waals surface area contributed by atoms with Crippen molar-refractivity contribution in [2.45, 2.75) is 25.2 Å². The van der Waals surface area contributed by atoms with Crippen LogP contribution < -0.4 is 29.4 Å². The Balaban J connectivity index is 2.08. The average molecular weight is 470 g/mol. The van der Waals surface area contributed by atoms with Gasteiger partial charge in [0.1, 0.15) is 0 Å². The first-order valence-electron chi connectivity index (χ1n) is 10.3. The Morgan fingerprint density at radius 3 is 2.39 bits per heavy atom. The van der Waals surface area contributed by atoms with Gasteiger partial charge in [0.05, 0.1) is 38.1 Å². The molecular weight excluding hydrogens is 444 g/mol. The van der Waals surface area contributed by atoms with E-state index in [1.165, 1.54) is 40.0 Å². The van der Waals surface area contributed by atoms with E-state index in [1.54, 1.807) is 21.7 Å². The summed E-state index contributed by atoms with van der Waals surface area (Å²) in [5.74, 6) is 1.82. The highest BCUT2D eigenvalue weighted by Gasteiger charge is 2.45. The van der Waals surface area contributed by atoms with Crippen molar-refractivity contribution >= 4 is 23.4 Å². The lowest BCUT2D eigenvalue weighted by atomic mass is 10.0. The van der Waals surface area contributed by atoms with Crippen LogP contribution in [0, 0.1) is 0 Å². The van der Waals surface area contributed by atoms with Gasteiger partial charge in [0, 0.05) is 12.0 Å². The van der Waals surface area contributed by atoms with E-state index in [4.69, 9.17) is 19.3 Å². The predicted octanol–water partition coefficient (Wildman–Crippen LogP) is 2.78. The molecule has 4 rings (SSSR count). The van der Waals surface area contributed by atoms with Crippen molar-refractivity contribution < 1.29 is 23.7 Å². The standard InChI is InChI=1S/C23H24N4O5S/c1-6-33-23-24-21(29)19-15-9-7-8-10-16(15)26(13(2)28)22(27(19)25-23)14-11-17(30-3)20(32-5)18(12-14)31-4/h7-12,22H,6H2,1-5H3/p+1/t22-/m0/s1. The number of amides is 1. The van der Waals surface area contributed by atoms with Crippen LogP contribution in [-0.4, -0.2) is 43.1 Å². The van der Waals surface area contributed by atoms with E-state index < -0.39 is 6.17 Å². The van der Waals surface area contributed by atoms with Crippen molar-refractivity contribution in [3.05, 3.63) is 52.3 Å². The summed E-state index contributed by atoms with van der Waals surface area (Å²) in [4.78, 5) is 30.7. The third-order valence-electron chi connectivity index (χ3n) is 5.36. The molecule has 1 aliphatic rings. The van der Waals surface area contributed by atoms with Gasteiger partial charge in [-0.2, -0.15) is 0 Å². The van der Waals surface area contributed by atoms with Crippen LogP contribution in [0.1, 0.15) is 25.6 Å². The molecule has 33 heavy (non-hydrogen) atoms. The molecule has 2 aromatic carbocycles. The Hall–Kier alpha value is -3.53. The van der Waals surface area contributed by atoms with Crippen LogP contribution in [0.4, 0.5) is 5.69 Å². The number of methoxy groups -OCH3 is 3. The second-order valence-corrected chi connectivity index (χ2v) is 8.48. The average Bonchev–Trinajstić information content (AvgIpc) is 2.81. The van der Waals surface area contributed by atoms with Crippen LogP contribution >= 0.6 is 11.8 Å². The summed E-state index contributed by atoms with van der Waals surface area (Å²) in [6.07, 6.45) is -0.750. The number of aromatic amines is 1. The molecule has 0 saturated carbocycles. The van der Waals surface area contributed by atoms with E-state index in [1.807, 2.05) is 31.2 Å². The smallest absolute Gasteiger partial charge is 0.325 e. The number of rotatable bonds is 6. The molecular formula is C23H25N4O5S+. The highest BCUT2D eigenvalue weighted by molar-refractivity contribution is 7.99. The van der Waals surface area contributed by atoms with Crippen LogP contribution in [-0.2, 0) is 4.79 Å². The summed E-state index contributed by atoms with van der Waals surface area (Å²) in [7, 11) is 4.58. The maximum Gasteiger partial charge on any atom is 0.325 e. The Labute approximate surface area is 195 Å². The fourth-order valence-corrected chi connectivity index (χ4v) is 4.65. The van der Waals surface area contributed by atoms with Gasteiger partial charge in [-0.3, -0.25) is 14.6 Å². The molecule has 1 amide bonds. The first kappa shape index (κ1) is 22.7. The summed E-state index contributed by atoms with van der Waals surface area (Å²) in [5, 5.41) is 5.19. The lowest BCUT2D eigenvalue weighted by Crippen LogP contribution is -2.60. The van der Waals surface area contributed by atoms with Crippen molar-refractivity contribution in [2.75, 3.05) is 32.0 Å². The van der Waals surface area contributed by atoms with Gasteiger partial charge in [0.25, 0.3) is 6.17 Å². The summed E-state index contributed by atoms with van der Waals surface area (Å²) in [6.45, 7) is 3.46. The molecule has 0 unspecified atom stereocenters. The zero-order valence-corrected chi connectivity index (χ0v) is 19.9. The molecule has 1 atom stereocenters. The quantitative estimate of drug-likeness (QED) is 0.438. The number of benzene rings is 2. The zero-order valence-electron chi connectivity index (χ0n) is 19.0. The first-order chi connectivity index (χ1) is 15.9. The maximum absolute atomic E-state index is 13.2. The van der Waals surface area contributed by atoms with Crippen molar-refractivity contribution in [1.82, 2.24) is 10.1 Å². The largest absolute Gasteiger partial charge is 0.493 e. The van der Waals surface area contributed by atoms with E-state index in [9.17, 15) is 9.59 Å². The van der Waals surface area contributed by atoms with Gasteiger partial charge in [0.15, 0.2) is 11.5 Å². The monoisotopic (exact) mass is 469 g/mol. The number of para-hydroxylation sites is 1. The molecule has 1 N–H and O–H groups in total. The molecule has 10 heteroatoms. The minimum absolute atomic E-state index is 0.203. The number of thioether (sulfide) groups is 1. The van der Waals surface area contributed by atoms with Crippen LogP contribution in [0.2, 0.25) is 0 Å². The van der Waals surface area contributed by atoms with Gasteiger partial charge in [-0.1, -0.05) is 30.8 Å². The minimum Gasteiger partial charge on any atom is -0.493 e. The molecule has 9 nitrogen and oxygen atoms in total. The number of nitrogens with one attached hydrogen (secondary N) is 1. The van der Waals surface area contributed by atoms with Crippen molar-refractivity contribution in [2.24, 2.45) is 0 Å². The number of anilines is 1. The highest BCUT2D eigenvalue weighted by atomic mass is 32.2. The lowest BCUT2D eigenvalue weighted by Gasteiger charge is -2.31. The van der Waals surface area contributed by atoms with E-state index in [0.29, 0.717) is 44.9 Å². The van der Waals surface area contributed by atoms with Gasteiger partial charge in [-0.05, 0) is 34.7 Å². The van der Waals surface area contributed by atoms with Crippen LogP contribution in [0.5, 0.6) is 17.2 Å². The second kappa shape index (κ2) is 9.14. The van der Waals surface area contributed by atoms with E-state index >= 15 is 0 Å². The van der Waals surface area contributed by atoms with E-state index in [2.05, 4.69) is 4.98 Å². The molecule has 1 aromatic heterocycles. The highest BCUT2D eigenvalue weighted by Crippen LogP contribution is 2.43. The Kier molecular flexibility index (Phi) is 6.28. The number of carbonyl (C=O) groups excluding carboxylic acids is 1. The van der Waals surface area contributed by atoms with E-state index in [-0.39, 0.29) is 11.5 Å². The Morgan fingerprint density at radius 1 is 1.15 bits per heavy atom. The summed E-state index contributed by atoms with van der Waals surface area (Å²) in [5.41, 5.74) is 1.97. The number of hydrogen-bond acceptors (Lipinski definition) is 7. The number of aromatic nitrogens is 3. The van der Waals surface area contributed by atoms with Crippen molar-refractivity contribution in [3.63, 3.8) is 0 Å². The van der Waals surface area contributed by atoms with Crippen LogP contribution in [0.3, 0.4) is 0 Å². The van der Waals surface area contributed by atoms with Crippen LogP contribution in [0.25, 0.3) is 11.3 Å². The SMILES string of the molecule is CCSc1n[n+]2c(c(=O)[nH]1)-c1ccccc1N(C(C)=O)[C@@H]2c1cc(OC)c(OC)c(OC)c1. The second-order valence-electron chi connectivity index (χ2n) is 7.22. The number of carbonyl (C=O) groups is 1. The molecule has 0 aliphatic carbocycles. The fourth-order valence-electron chi connectivity index (χ4n) is 4.07. The van der Waals surface area contributed by atoms with Gasteiger partial charge < -0.3 is 14.2 Å². The maximum atomic E-state index is 13.2. The third kappa shape index (κ3) is 3.80. The minimum atomic E-state index is -0.750. The number of H-pyrrole nitrogens is 1. The Morgan fingerprint density at radius 2 is 1.82 bits per heavy atom. The topological polar surface area (TPSA) is 97.6 Å². The number of nitrogens with zero attached hydrogens (tertiary/aromatic N) is 3. The van der Waals surface area contributed by atoms with Gasteiger partial charge in [0.2, 0.25) is 16.8 Å². The zero-order chi connectivity index (χ0) is 23.7.